The largest absolute Gasteiger partial charge is 0.496 e. The smallest absolute Gasteiger partial charge is 0.306 e. The fraction of sp³-hybridized carbons (Fsp3) is 0.562. The Kier molecular flexibility index (Phi) is 5.40. The van der Waals surface area contributed by atoms with E-state index in [2.05, 4.69) is 32.9 Å². The number of rotatable bonds is 6. The third kappa shape index (κ3) is 3.72. The van der Waals surface area contributed by atoms with Crippen LogP contribution in [0.2, 0.25) is 0 Å². The molecule has 1 atom stereocenters. The van der Waals surface area contributed by atoms with E-state index in [0.29, 0.717) is 12.3 Å². The summed E-state index contributed by atoms with van der Waals surface area (Å²) in [5, 5.41) is 9.02. The van der Waals surface area contributed by atoms with Gasteiger partial charge in [-0.05, 0) is 35.4 Å². The monoisotopic (exact) mass is 264 g/mol. The van der Waals surface area contributed by atoms with E-state index < -0.39 is 5.97 Å². The van der Waals surface area contributed by atoms with Crippen LogP contribution in [0.5, 0.6) is 5.75 Å². The number of carboxylic acids is 1. The van der Waals surface area contributed by atoms with Crippen LogP contribution in [0.15, 0.2) is 12.1 Å². The first-order valence-corrected chi connectivity index (χ1v) is 6.83. The lowest BCUT2D eigenvalue weighted by atomic mass is 9.91. The number of benzene rings is 1. The van der Waals surface area contributed by atoms with Crippen LogP contribution in [0.25, 0.3) is 0 Å². The average Bonchev–Trinajstić information content (AvgIpc) is 2.37. The number of hydrogen-bond donors (Lipinski definition) is 1. The molecule has 0 aliphatic carbocycles. The number of carboxylic acid groups (broad SMARTS) is 1. The van der Waals surface area contributed by atoms with Gasteiger partial charge < -0.3 is 9.84 Å². The summed E-state index contributed by atoms with van der Waals surface area (Å²) in [5.41, 5.74) is 3.40. The van der Waals surface area contributed by atoms with Crippen molar-refractivity contribution < 1.29 is 14.6 Å². The first-order chi connectivity index (χ1) is 8.90. The molecule has 1 aromatic carbocycles. The molecule has 0 aliphatic heterocycles. The molecular weight excluding hydrogens is 240 g/mol. The highest BCUT2D eigenvalue weighted by Crippen LogP contribution is 2.32. The summed E-state index contributed by atoms with van der Waals surface area (Å²) < 4.78 is 5.52. The van der Waals surface area contributed by atoms with Crippen molar-refractivity contribution in [3.8, 4) is 5.75 Å². The van der Waals surface area contributed by atoms with Crippen molar-refractivity contribution in [2.75, 3.05) is 7.11 Å². The van der Waals surface area contributed by atoms with Gasteiger partial charge in [0.1, 0.15) is 5.75 Å². The number of carbonyl (C=O) groups is 1. The average molecular weight is 264 g/mol. The summed E-state index contributed by atoms with van der Waals surface area (Å²) in [6.45, 7) is 8.09. The highest BCUT2D eigenvalue weighted by molar-refractivity contribution is 5.70. The summed E-state index contributed by atoms with van der Waals surface area (Å²) >= 11 is 0. The Labute approximate surface area is 115 Å². The van der Waals surface area contributed by atoms with Gasteiger partial charge in [0.25, 0.3) is 0 Å². The molecule has 0 saturated heterocycles. The third-order valence-corrected chi connectivity index (χ3v) is 3.42. The number of aryl methyl sites for hydroxylation is 1. The molecule has 1 N–H and O–H groups in total. The van der Waals surface area contributed by atoms with E-state index in [1.807, 2.05) is 0 Å². The standard InChI is InChI=1S/C16H24O3/c1-6-13-8-12(7-11(4)16(17)18)9-14(10(2)3)15(13)19-5/h8-11H,6-7H2,1-5H3,(H,17,18). The van der Waals surface area contributed by atoms with E-state index in [0.717, 1.165) is 28.9 Å². The van der Waals surface area contributed by atoms with Crippen molar-refractivity contribution in [1.82, 2.24) is 0 Å². The van der Waals surface area contributed by atoms with Gasteiger partial charge in [0, 0.05) is 0 Å². The van der Waals surface area contributed by atoms with Gasteiger partial charge in [-0.1, -0.05) is 39.8 Å². The van der Waals surface area contributed by atoms with Crippen molar-refractivity contribution in [1.29, 1.82) is 0 Å². The van der Waals surface area contributed by atoms with Crippen LogP contribution in [0.3, 0.4) is 0 Å². The van der Waals surface area contributed by atoms with Gasteiger partial charge in [-0.3, -0.25) is 4.79 Å². The maximum atomic E-state index is 11.0. The summed E-state index contributed by atoms with van der Waals surface area (Å²) in [6, 6.07) is 4.16. The van der Waals surface area contributed by atoms with Gasteiger partial charge in [-0.2, -0.15) is 0 Å². The van der Waals surface area contributed by atoms with Gasteiger partial charge >= 0.3 is 5.97 Å². The van der Waals surface area contributed by atoms with E-state index in [4.69, 9.17) is 9.84 Å². The molecule has 106 valence electrons. The van der Waals surface area contributed by atoms with Crippen molar-refractivity contribution in [3.63, 3.8) is 0 Å². The van der Waals surface area contributed by atoms with E-state index in [1.165, 1.54) is 0 Å². The SMILES string of the molecule is CCc1cc(CC(C)C(=O)O)cc(C(C)C)c1OC. The normalized spacial score (nSPS) is 12.5. The molecule has 0 spiro atoms. The first-order valence-electron chi connectivity index (χ1n) is 6.83. The molecule has 3 nitrogen and oxygen atoms in total. The van der Waals surface area contributed by atoms with Crippen LogP contribution in [0.4, 0.5) is 0 Å². The van der Waals surface area contributed by atoms with E-state index >= 15 is 0 Å². The minimum atomic E-state index is -0.750. The molecule has 19 heavy (non-hydrogen) atoms. The maximum Gasteiger partial charge on any atom is 0.306 e. The first kappa shape index (κ1) is 15.5. The Morgan fingerprint density at radius 1 is 1.32 bits per heavy atom. The molecule has 0 bridgehead atoms. The summed E-state index contributed by atoms with van der Waals surface area (Å²) in [5.74, 6) is 0.197. The zero-order valence-corrected chi connectivity index (χ0v) is 12.5. The van der Waals surface area contributed by atoms with Crippen LogP contribution in [-0.2, 0) is 17.6 Å². The molecule has 0 aliphatic rings. The molecular formula is C16H24O3. The zero-order chi connectivity index (χ0) is 14.6. The maximum absolute atomic E-state index is 11.0. The Morgan fingerprint density at radius 2 is 1.95 bits per heavy atom. The summed E-state index contributed by atoms with van der Waals surface area (Å²) in [7, 11) is 1.69. The number of aliphatic carboxylic acids is 1. The second-order valence-electron chi connectivity index (χ2n) is 5.33. The van der Waals surface area contributed by atoms with Crippen LogP contribution in [0.1, 0.15) is 50.3 Å². The molecule has 0 heterocycles. The fourth-order valence-electron chi connectivity index (χ4n) is 2.28. The quantitative estimate of drug-likeness (QED) is 0.853. The molecule has 0 amide bonds. The lowest BCUT2D eigenvalue weighted by Gasteiger charge is -2.18. The molecule has 0 aromatic heterocycles. The van der Waals surface area contributed by atoms with Crippen molar-refractivity contribution in [2.24, 2.45) is 5.92 Å². The van der Waals surface area contributed by atoms with Gasteiger partial charge in [0.15, 0.2) is 0 Å². The van der Waals surface area contributed by atoms with Gasteiger partial charge in [0.2, 0.25) is 0 Å². The molecule has 1 unspecified atom stereocenters. The number of hydrogen-bond acceptors (Lipinski definition) is 2. The second kappa shape index (κ2) is 6.60. The third-order valence-electron chi connectivity index (χ3n) is 3.42. The second-order valence-corrected chi connectivity index (χ2v) is 5.33. The molecule has 0 radical (unpaired) electrons. The number of ether oxygens (including phenoxy) is 1. The minimum absolute atomic E-state index is 0.361. The Bertz CT molecular complexity index is 450. The highest BCUT2D eigenvalue weighted by atomic mass is 16.5. The molecule has 1 rings (SSSR count). The van der Waals surface area contributed by atoms with Gasteiger partial charge in [-0.25, -0.2) is 0 Å². The lowest BCUT2D eigenvalue weighted by Crippen LogP contribution is -2.13. The van der Waals surface area contributed by atoms with Crippen molar-refractivity contribution in [3.05, 3.63) is 28.8 Å². The molecule has 0 saturated carbocycles. The Morgan fingerprint density at radius 3 is 2.37 bits per heavy atom. The van der Waals surface area contributed by atoms with E-state index in [9.17, 15) is 4.79 Å². The van der Waals surface area contributed by atoms with Crippen LogP contribution >= 0.6 is 0 Å². The predicted molar refractivity (Wildman–Crippen MR) is 77.0 cm³/mol. The lowest BCUT2D eigenvalue weighted by molar-refractivity contribution is -0.141. The van der Waals surface area contributed by atoms with Gasteiger partial charge in [-0.15, -0.1) is 0 Å². The Balaban J connectivity index is 3.21. The van der Waals surface area contributed by atoms with Crippen molar-refractivity contribution >= 4 is 5.97 Å². The van der Waals surface area contributed by atoms with Crippen LogP contribution in [0, 0.1) is 5.92 Å². The summed E-state index contributed by atoms with van der Waals surface area (Å²) in [4.78, 5) is 11.0. The fourth-order valence-corrected chi connectivity index (χ4v) is 2.28. The van der Waals surface area contributed by atoms with Crippen LogP contribution in [-0.4, -0.2) is 18.2 Å². The topological polar surface area (TPSA) is 46.5 Å². The molecule has 1 aromatic rings. The van der Waals surface area contributed by atoms with E-state index in [-0.39, 0.29) is 5.92 Å². The van der Waals surface area contributed by atoms with Crippen molar-refractivity contribution in [2.45, 2.75) is 46.5 Å². The Hall–Kier alpha value is -1.51. The van der Waals surface area contributed by atoms with E-state index in [1.54, 1.807) is 14.0 Å². The number of methoxy groups -OCH3 is 1. The summed E-state index contributed by atoms with van der Waals surface area (Å²) in [6.07, 6.45) is 1.45. The highest BCUT2D eigenvalue weighted by Gasteiger charge is 2.17. The minimum Gasteiger partial charge on any atom is -0.496 e. The van der Waals surface area contributed by atoms with Crippen LogP contribution < -0.4 is 4.74 Å². The predicted octanol–water partition coefficient (Wildman–Crippen LogP) is 3.64. The molecule has 3 heteroatoms. The zero-order valence-electron chi connectivity index (χ0n) is 12.5. The van der Waals surface area contributed by atoms with Gasteiger partial charge in [0.05, 0.1) is 13.0 Å². The molecule has 0 fully saturated rings.